The second-order valence-corrected chi connectivity index (χ2v) is 4.37. The Morgan fingerprint density at radius 3 is 3.00 bits per heavy atom. The van der Waals surface area contributed by atoms with E-state index in [1.54, 1.807) is 0 Å². The molecule has 0 amide bonds. The molecule has 1 atom stereocenters. The normalized spacial score (nSPS) is 13.1. The summed E-state index contributed by atoms with van der Waals surface area (Å²) in [5.41, 5.74) is 5.64. The number of nitrogens with zero attached hydrogens (tertiary/aromatic N) is 2. The van der Waals surface area contributed by atoms with Gasteiger partial charge in [0.25, 0.3) is 0 Å². The van der Waals surface area contributed by atoms with Crippen LogP contribution in [0.4, 0.5) is 0 Å². The minimum absolute atomic E-state index is 0.331. The van der Waals surface area contributed by atoms with E-state index in [9.17, 15) is 0 Å². The molecule has 3 nitrogen and oxygen atoms in total. The smallest absolute Gasteiger partial charge is 0.0499 e. The molecule has 1 aromatic rings. The molecule has 1 heterocycles. The molecule has 0 saturated carbocycles. The lowest BCUT2D eigenvalue weighted by Crippen LogP contribution is -2.15. The molecule has 1 rings (SSSR count). The molecule has 1 unspecified atom stereocenters. The first-order chi connectivity index (χ1) is 6.29. The van der Waals surface area contributed by atoms with E-state index >= 15 is 0 Å². The van der Waals surface area contributed by atoms with Gasteiger partial charge in [-0.25, -0.2) is 0 Å². The van der Waals surface area contributed by atoms with Crippen LogP contribution in [0.15, 0.2) is 18.5 Å². The zero-order valence-electron chi connectivity index (χ0n) is 8.02. The predicted molar refractivity (Wildman–Crippen MR) is 57.8 cm³/mol. The van der Waals surface area contributed by atoms with Gasteiger partial charge >= 0.3 is 0 Å². The minimum Gasteiger partial charge on any atom is -0.328 e. The van der Waals surface area contributed by atoms with Crippen LogP contribution in [0.25, 0.3) is 0 Å². The van der Waals surface area contributed by atoms with Crippen molar-refractivity contribution in [3.63, 3.8) is 0 Å². The highest BCUT2D eigenvalue weighted by Gasteiger charge is 1.95. The summed E-state index contributed by atoms with van der Waals surface area (Å²) in [7, 11) is 0. The number of rotatable bonds is 6. The van der Waals surface area contributed by atoms with Crippen molar-refractivity contribution in [3.05, 3.63) is 18.5 Å². The molecule has 2 N–H and O–H groups in total. The molecular formula is C9H17N3S. The molecule has 0 radical (unpaired) electrons. The molecule has 0 aliphatic carbocycles. The van der Waals surface area contributed by atoms with Gasteiger partial charge in [-0.3, -0.25) is 4.68 Å². The van der Waals surface area contributed by atoms with Crippen molar-refractivity contribution in [2.45, 2.75) is 25.9 Å². The summed E-state index contributed by atoms with van der Waals surface area (Å²) in [4.78, 5) is 0. The molecule has 74 valence electrons. The standard InChI is InChI=1S/C9H17N3S/c1-9(10)3-7-13-8-6-12-5-2-4-11-12/h2,4-5,9H,3,6-8,10H2,1H3. The van der Waals surface area contributed by atoms with Crippen LogP contribution in [-0.2, 0) is 6.54 Å². The van der Waals surface area contributed by atoms with E-state index in [1.807, 2.05) is 41.8 Å². The Labute approximate surface area is 83.7 Å². The second-order valence-electron chi connectivity index (χ2n) is 3.15. The first-order valence-corrected chi connectivity index (χ1v) is 5.75. The third kappa shape index (κ3) is 4.95. The van der Waals surface area contributed by atoms with Gasteiger partial charge in [0.1, 0.15) is 0 Å². The first kappa shape index (κ1) is 10.6. The number of hydrogen-bond donors (Lipinski definition) is 1. The van der Waals surface area contributed by atoms with Crippen molar-refractivity contribution in [1.82, 2.24) is 9.78 Å². The summed E-state index contributed by atoms with van der Waals surface area (Å²) in [6.07, 6.45) is 4.91. The molecule has 0 saturated heterocycles. The van der Waals surface area contributed by atoms with E-state index in [0.717, 1.165) is 24.5 Å². The van der Waals surface area contributed by atoms with Gasteiger partial charge in [0, 0.05) is 30.7 Å². The number of hydrogen-bond acceptors (Lipinski definition) is 3. The van der Waals surface area contributed by atoms with E-state index in [-0.39, 0.29) is 0 Å². The predicted octanol–water partition coefficient (Wildman–Crippen LogP) is 1.35. The van der Waals surface area contributed by atoms with Crippen molar-refractivity contribution in [2.24, 2.45) is 5.73 Å². The van der Waals surface area contributed by atoms with Crippen LogP contribution in [0.1, 0.15) is 13.3 Å². The molecule has 0 spiro atoms. The second kappa shape index (κ2) is 6.05. The molecule has 0 bridgehead atoms. The first-order valence-electron chi connectivity index (χ1n) is 4.60. The van der Waals surface area contributed by atoms with Crippen LogP contribution in [0.5, 0.6) is 0 Å². The van der Waals surface area contributed by atoms with Gasteiger partial charge in [0.2, 0.25) is 0 Å². The van der Waals surface area contributed by atoms with Gasteiger partial charge in [-0.05, 0) is 25.2 Å². The zero-order valence-corrected chi connectivity index (χ0v) is 8.83. The van der Waals surface area contributed by atoms with E-state index in [1.165, 1.54) is 0 Å². The quantitative estimate of drug-likeness (QED) is 0.703. The Bertz CT molecular complexity index is 209. The van der Waals surface area contributed by atoms with Gasteiger partial charge in [-0.15, -0.1) is 0 Å². The third-order valence-corrected chi connectivity index (χ3v) is 2.74. The average Bonchev–Trinajstić information content (AvgIpc) is 2.55. The topological polar surface area (TPSA) is 43.8 Å². The van der Waals surface area contributed by atoms with Crippen LogP contribution in [0, 0.1) is 0 Å². The van der Waals surface area contributed by atoms with E-state index in [2.05, 4.69) is 5.10 Å². The van der Waals surface area contributed by atoms with Crippen LogP contribution < -0.4 is 5.73 Å². The Morgan fingerprint density at radius 1 is 1.54 bits per heavy atom. The summed E-state index contributed by atoms with van der Waals surface area (Å²) in [6, 6.07) is 2.28. The number of aromatic nitrogens is 2. The van der Waals surface area contributed by atoms with E-state index < -0.39 is 0 Å². The molecule has 1 aromatic heterocycles. The summed E-state index contributed by atoms with van der Waals surface area (Å²) < 4.78 is 1.96. The van der Waals surface area contributed by atoms with Crippen molar-refractivity contribution in [3.8, 4) is 0 Å². The lowest BCUT2D eigenvalue weighted by Gasteiger charge is -2.04. The lowest BCUT2D eigenvalue weighted by molar-refractivity contribution is 0.665. The van der Waals surface area contributed by atoms with Gasteiger partial charge in [0.15, 0.2) is 0 Å². The van der Waals surface area contributed by atoms with Crippen molar-refractivity contribution >= 4 is 11.8 Å². The molecule has 4 heteroatoms. The van der Waals surface area contributed by atoms with Gasteiger partial charge in [0.05, 0.1) is 0 Å². The third-order valence-electron chi connectivity index (χ3n) is 1.74. The molecule has 0 aliphatic rings. The highest BCUT2D eigenvalue weighted by Crippen LogP contribution is 2.04. The number of thioether (sulfide) groups is 1. The minimum atomic E-state index is 0.331. The van der Waals surface area contributed by atoms with Crippen LogP contribution in [0.3, 0.4) is 0 Å². The highest BCUT2D eigenvalue weighted by molar-refractivity contribution is 7.99. The Kier molecular flexibility index (Phi) is 4.93. The fourth-order valence-electron chi connectivity index (χ4n) is 0.962. The van der Waals surface area contributed by atoms with Gasteiger partial charge < -0.3 is 5.73 Å². The lowest BCUT2D eigenvalue weighted by atomic mass is 10.3. The SMILES string of the molecule is CC(N)CCSCCn1cccn1. The highest BCUT2D eigenvalue weighted by atomic mass is 32.2. The maximum atomic E-state index is 5.64. The monoisotopic (exact) mass is 199 g/mol. The van der Waals surface area contributed by atoms with Crippen molar-refractivity contribution < 1.29 is 0 Å². The molecule has 13 heavy (non-hydrogen) atoms. The molecule has 0 fully saturated rings. The number of nitrogens with two attached hydrogens (primary N) is 1. The maximum absolute atomic E-state index is 5.64. The van der Waals surface area contributed by atoms with E-state index in [4.69, 9.17) is 5.73 Å². The number of aryl methyl sites for hydroxylation is 1. The molecule has 0 aromatic carbocycles. The Balaban J connectivity index is 1.96. The van der Waals surface area contributed by atoms with Crippen molar-refractivity contribution in [2.75, 3.05) is 11.5 Å². The summed E-state index contributed by atoms with van der Waals surface area (Å²) in [6.45, 7) is 3.05. The summed E-state index contributed by atoms with van der Waals surface area (Å²) in [5, 5.41) is 4.13. The van der Waals surface area contributed by atoms with Crippen LogP contribution in [-0.4, -0.2) is 27.3 Å². The van der Waals surface area contributed by atoms with E-state index in [0.29, 0.717) is 6.04 Å². The average molecular weight is 199 g/mol. The maximum Gasteiger partial charge on any atom is 0.0499 e. The molecular weight excluding hydrogens is 182 g/mol. The van der Waals surface area contributed by atoms with Crippen LogP contribution >= 0.6 is 11.8 Å². The van der Waals surface area contributed by atoms with Gasteiger partial charge in [-0.2, -0.15) is 16.9 Å². The van der Waals surface area contributed by atoms with Crippen LogP contribution in [0.2, 0.25) is 0 Å². The van der Waals surface area contributed by atoms with Crippen molar-refractivity contribution in [1.29, 1.82) is 0 Å². The zero-order chi connectivity index (χ0) is 9.52. The summed E-state index contributed by atoms with van der Waals surface area (Å²) >= 11 is 1.94. The Hall–Kier alpha value is -0.480. The fraction of sp³-hybridized carbons (Fsp3) is 0.667. The Morgan fingerprint density at radius 2 is 2.38 bits per heavy atom. The largest absolute Gasteiger partial charge is 0.328 e. The fourth-order valence-corrected chi connectivity index (χ4v) is 2.02. The van der Waals surface area contributed by atoms with Gasteiger partial charge in [-0.1, -0.05) is 0 Å². The summed E-state index contributed by atoms with van der Waals surface area (Å²) in [5.74, 6) is 2.27. The molecule has 0 aliphatic heterocycles.